The van der Waals surface area contributed by atoms with Crippen LogP contribution in [0.15, 0.2) is 28.8 Å². The number of nitrogens with one attached hydrogen (secondary N) is 2. The van der Waals surface area contributed by atoms with Crippen LogP contribution in [0.4, 0.5) is 4.79 Å². The molecule has 2 N–H and O–H groups in total. The summed E-state index contributed by atoms with van der Waals surface area (Å²) in [6.07, 6.45) is 2.79. The number of aryl methyl sites for hydroxylation is 1. The number of rotatable bonds is 1. The molecule has 0 spiro atoms. The summed E-state index contributed by atoms with van der Waals surface area (Å²) in [5.74, 6) is 1.82. The van der Waals surface area contributed by atoms with Gasteiger partial charge in [-0.25, -0.2) is 4.79 Å². The minimum atomic E-state index is -0.512. The predicted molar refractivity (Wildman–Crippen MR) is 133 cm³/mol. The third kappa shape index (κ3) is 7.19. The largest absolute Gasteiger partial charge is 0.491 e. The summed E-state index contributed by atoms with van der Waals surface area (Å²) in [5.41, 5.74) is 0.253. The molecule has 0 aliphatic carbocycles. The van der Waals surface area contributed by atoms with Crippen molar-refractivity contribution < 1.29 is 23.6 Å². The SMILES string of the molecule is CC(C)(C)OC(=O)N1CCC(C2CCNCCOc3ccccc3-c3noc(n3)CCC(=O)N2)CC1. The number of hydrogen-bond donors (Lipinski definition) is 2. The minimum absolute atomic E-state index is 0.0126. The van der Waals surface area contributed by atoms with Crippen molar-refractivity contribution in [2.75, 3.05) is 32.8 Å². The van der Waals surface area contributed by atoms with Gasteiger partial charge in [0.25, 0.3) is 0 Å². The second kappa shape index (κ2) is 11.7. The Labute approximate surface area is 212 Å². The molecule has 36 heavy (non-hydrogen) atoms. The van der Waals surface area contributed by atoms with Gasteiger partial charge in [0, 0.05) is 38.5 Å². The molecule has 2 bridgehead atoms. The van der Waals surface area contributed by atoms with Crippen LogP contribution in [0, 0.1) is 5.92 Å². The van der Waals surface area contributed by atoms with Crippen LogP contribution >= 0.6 is 0 Å². The number of benzene rings is 1. The van der Waals surface area contributed by atoms with Crippen molar-refractivity contribution in [3.63, 3.8) is 0 Å². The fraction of sp³-hybridized carbons (Fsp3) is 0.615. The zero-order chi connectivity index (χ0) is 25.5. The van der Waals surface area contributed by atoms with E-state index in [1.165, 1.54) is 0 Å². The van der Waals surface area contributed by atoms with Crippen LogP contribution in [0.25, 0.3) is 11.4 Å². The highest BCUT2D eigenvalue weighted by molar-refractivity contribution is 5.76. The van der Waals surface area contributed by atoms with Crippen molar-refractivity contribution in [2.45, 2.75) is 64.5 Å². The summed E-state index contributed by atoms with van der Waals surface area (Å²) in [6, 6.07) is 7.61. The average Bonchev–Trinajstić information content (AvgIpc) is 3.32. The van der Waals surface area contributed by atoms with Gasteiger partial charge in [0.15, 0.2) is 0 Å². The van der Waals surface area contributed by atoms with Crippen molar-refractivity contribution in [1.29, 1.82) is 0 Å². The molecule has 10 heteroatoms. The van der Waals surface area contributed by atoms with Crippen molar-refractivity contribution >= 4 is 12.0 Å². The second-order valence-corrected chi connectivity index (χ2v) is 10.4. The van der Waals surface area contributed by atoms with Crippen LogP contribution in [-0.2, 0) is 16.0 Å². The number of piperidine rings is 1. The lowest BCUT2D eigenvalue weighted by Gasteiger charge is -2.37. The molecule has 196 valence electrons. The lowest BCUT2D eigenvalue weighted by molar-refractivity contribution is -0.122. The Morgan fingerprint density at radius 3 is 2.67 bits per heavy atom. The molecule has 1 atom stereocenters. The summed E-state index contributed by atoms with van der Waals surface area (Å²) >= 11 is 0. The highest BCUT2D eigenvalue weighted by atomic mass is 16.6. The number of fused-ring (bicyclic) bond motifs is 4. The lowest BCUT2D eigenvalue weighted by atomic mass is 9.87. The van der Waals surface area contributed by atoms with Gasteiger partial charge in [-0.05, 0) is 64.6 Å². The van der Waals surface area contributed by atoms with E-state index in [2.05, 4.69) is 20.8 Å². The van der Waals surface area contributed by atoms with Crippen LogP contribution in [0.1, 0.15) is 52.3 Å². The Kier molecular flexibility index (Phi) is 8.45. The maximum absolute atomic E-state index is 12.8. The molecule has 1 fully saturated rings. The molecule has 1 unspecified atom stereocenters. The average molecular weight is 500 g/mol. The van der Waals surface area contributed by atoms with E-state index in [-0.39, 0.29) is 30.4 Å². The molecule has 1 aromatic carbocycles. The number of hydrogen-bond acceptors (Lipinski definition) is 8. The number of ether oxygens (including phenoxy) is 2. The van der Waals surface area contributed by atoms with E-state index >= 15 is 0 Å². The fourth-order valence-electron chi connectivity index (χ4n) is 4.59. The smallest absolute Gasteiger partial charge is 0.410 e. The second-order valence-electron chi connectivity index (χ2n) is 10.4. The van der Waals surface area contributed by atoms with Gasteiger partial charge in [-0.3, -0.25) is 4.79 Å². The number of carbonyl (C=O) groups excluding carboxylic acids is 2. The molecular formula is C26H37N5O5. The van der Waals surface area contributed by atoms with Gasteiger partial charge in [-0.2, -0.15) is 4.98 Å². The summed E-state index contributed by atoms with van der Waals surface area (Å²) in [5, 5.41) is 10.7. The van der Waals surface area contributed by atoms with Gasteiger partial charge in [0.05, 0.1) is 5.56 Å². The number of aromatic nitrogens is 2. The molecule has 2 aliphatic rings. The molecule has 2 aromatic rings. The standard InChI is InChI=1S/C26H37N5O5/c1-26(2,3)35-25(33)31-15-11-18(12-16-31)20-10-13-27-14-17-34-21-7-5-4-6-19(21)24-29-23(36-30-24)9-8-22(32)28-20/h4-7,18,20,27H,8-17H2,1-3H3,(H,28,32). The normalized spacial score (nSPS) is 20.7. The van der Waals surface area contributed by atoms with E-state index in [1.54, 1.807) is 4.90 Å². The van der Waals surface area contributed by atoms with E-state index in [1.807, 2.05) is 45.0 Å². The Morgan fingerprint density at radius 2 is 1.89 bits per heavy atom. The summed E-state index contributed by atoms with van der Waals surface area (Å²) in [4.78, 5) is 31.5. The van der Waals surface area contributed by atoms with Gasteiger partial charge in [-0.1, -0.05) is 17.3 Å². The fourth-order valence-corrected chi connectivity index (χ4v) is 4.59. The Balaban J connectivity index is 1.38. The first-order chi connectivity index (χ1) is 17.3. The van der Waals surface area contributed by atoms with Gasteiger partial charge in [0.1, 0.15) is 18.0 Å². The maximum atomic E-state index is 12.8. The summed E-state index contributed by atoms with van der Waals surface area (Å²) < 4.78 is 16.9. The highest BCUT2D eigenvalue weighted by Crippen LogP contribution is 2.28. The van der Waals surface area contributed by atoms with Crippen molar-refractivity contribution in [3.8, 4) is 17.1 Å². The molecular weight excluding hydrogens is 462 g/mol. The minimum Gasteiger partial charge on any atom is -0.491 e. The molecule has 1 aromatic heterocycles. The molecule has 1 saturated heterocycles. The monoisotopic (exact) mass is 499 g/mol. The molecule has 3 heterocycles. The molecule has 4 rings (SSSR count). The summed E-state index contributed by atoms with van der Waals surface area (Å²) in [6.45, 7) is 8.78. The first kappa shape index (κ1) is 25.9. The van der Waals surface area contributed by atoms with E-state index in [9.17, 15) is 9.59 Å². The first-order valence-electron chi connectivity index (χ1n) is 12.8. The Morgan fingerprint density at radius 1 is 1.11 bits per heavy atom. The van der Waals surface area contributed by atoms with Gasteiger partial charge in [0.2, 0.25) is 17.6 Å². The maximum Gasteiger partial charge on any atom is 0.410 e. The number of nitrogens with zero attached hydrogens (tertiary/aromatic N) is 3. The van der Waals surface area contributed by atoms with Crippen molar-refractivity contribution in [3.05, 3.63) is 30.2 Å². The molecule has 0 radical (unpaired) electrons. The molecule has 0 saturated carbocycles. The zero-order valence-electron chi connectivity index (χ0n) is 21.4. The van der Waals surface area contributed by atoms with Crippen molar-refractivity contribution in [2.24, 2.45) is 5.92 Å². The Hall–Kier alpha value is -3.14. The third-order valence-electron chi connectivity index (χ3n) is 6.44. The van der Waals surface area contributed by atoms with Gasteiger partial charge < -0.3 is 29.5 Å². The number of carbonyl (C=O) groups is 2. The Bertz CT molecular complexity index is 1030. The number of amides is 2. The topological polar surface area (TPSA) is 119 Å². The van der Waals surface area contributed by atoms with E-state index in [0.717, 1.165) is 31.4 Å². The van der Waals surface area contributed by atoms with E-state index < -0.39 is 5.60 Å². The number of para-hydroxylation sites is 1. The zero-order valence-corrected chi connectivity index (χ0v) is 21.4. The molecule has 2 amide bonds. The first-order valence-corrected chi connectivity index (χ1v) is 12.8. The van der Waals surface area contributed by atoms with Crippen molar-refractivity contribution in [1.82, 2.24) is 25.7 Å². The van der Waals surface area contributed by atoms with Crippen LogP contribution in [-0.4, -0.2) is 71.5 Å². The van der Waals surface area contributed by atoms with Crippen LogP contribution in [0.5, 0.6) is 5.75 Å². The predicted octanol–water partition coefficient (Wildman–Crippen LogP) is 3.17. The van der Waals surface area contributed by atoms with Crippen LogP contribution in [0.2, 0.25) is 0 Å². The number of likely N-dealkylation sites (tertiary alicyclic amines) is 1. The van der Waals surface area contributed by atoms with Gasteiger partial charge >= 0.3 is 6.09 Å². The van der Waals surface area contributed by atoms with Crippen LogP contribution in [0.3, 0.4) is 0 Å². The summed E-state index contributed by atoms with van der Waals surface area (Å²) in [7, 11) is 0. The molecule has 2 aliphatic heterocycles. The van der Waals surface area contributed by atoms with E-state index in [0.29, 0.717) is 50.1 Å². The highest BCUT2D eigenvalue weighted by Gasteiger charge is 2.31. The quantitative estimate of drug-likeness (QED) is 0.614. The van der Waals surface area contributed by atoms with Crippen LogP contribution < -0.4 is 15.4 Å². The van der Waals surface area contributed by atoms with E-state index in [4.69, 9.17) is 14.0 Å². The lowest BCUT2D eigenvalue weighted by Crippen LogP contribution is -2.48. The third-order valence-corrected chi connectivity index (χ3v) is 6.44. The molecule has 10 nitrogen and oxygen atoms in total. The van der Waals surface area contributed by atoms with Gasteiger partial charge in [-0.15, -0.1) is 0 Å².